The Hall–Kier alpha value is -1.79. The van der Waals surface area contributed by atoms with Crippen LogP contribution in [-0.2, 0) is 11.3 Å². The van der Waals surface area contributed by atoms with E-state index in [2.05, 4.69) is 24.1 Å². The highest BCUT2D eigenvalue weighted by molar-refractivity contribution is 5.75. The first-order valence-corrected chi connectivity index (χ1v) is 7.71. The van der Waals surface area contributed by atoms with E-state index in [9.17, 15) is 4.79 Å². The molecule has 3 heteroatoms. The fourth-order valence-electron chi connectivity index (χ4n) is 1.98. The second-order valence-electron chi connectivity index (χ2n) is 5.06. The first-order chi connectivity index (χ1) is 10.3. The van der Waals surface area contributed by atoms with Crippen molar-refractivity contribution in [3.8, 4) is 11.8 Å². The van der Waals surface area contributed by atoms with E-state index in [1.165, 1.54) is 12.8 Å². The average molecular weight is 287 g/mol. The lowest BCUT2D eigenvalue weighted by Crippen LogP contribution is -2.22. The zero-order chi connectivity index (χ0) is 15.3. The van der Waals surface area contributed by atoms with Gasteiger partial charge in [0.1, 0.15) is 0 Å². The third-order valence-corrected chi connectivity index (χ3v) is 3.14. The van der Waals surface area contributed by atoms with E-state index in [0.717, 1.165) is 24.0 Å². The SMILES string of the molecule is CCCCCCC(=O)NCc1cccc(C#CCCO)c1. The number of nitrogens with one attached hydrogen (secondary N) is 1. The summed E-state index contributed by atoms with van der Waals surface area (Å²) in [5, 5.41) is 11.6. The van der Waals surface area contributed by atoms with Crippen molar-refractivity contribution < 1.29 is 9.90 Å². The zero-order valence-corrected chi connectivity index (χ0v) is 12.8. The monoisotopic (exact) mass is 287 g/mol. The predicted octanol–water partition coefficient (Wildman–Crippen LogP) is 3.01. The van der Waals surface area contributed by atoms with Gasteiger partial charge in [-0.1, -0.05) is 50.2 Å². The Morgan fingerprint density at radius 2 is 2.14 bits per heavy atom. The molecule has 0 aliphatic heterocycles. The number of benzene rings is 1. The molecular formula is C18H25NO2. The van der Waals surface area contributed by atoms with Crippen molar-refractivity contribution in [2.75, 3.05) is 6.61 Å². The fraction of sp³-hybridized carbons (Fsp3) is 0.500. The Morgan fingerprint density at radius 1 is 1.29 bits per heavy atom. The molecule has 0 bridgehead atoms. The summed E-state index contributed by atoms with van der Waals surface area (Å²) in [5.74, 6) is 6.01. The molecule has 0 radical (unpaired) electrons. The molecule has 1 rings (SSSR count). The van der Waals surface area contributed by atoms with Gasteiger partial charge in [-0.2, -0.15) is 0 Å². The van der Waals surface area contributed by atoms with Crippen molar-refractivity contribution in [3.63, 3.8) is 0 Å². The predicted molar refractivity (Wildman–Crippen MR) is 85.6 cm³/mol. The largest absolute Gasteiger partial charge is 0.395 e. The van der Waals surface area contributed by atoms with Crippen molar-refractivity contribution in [2.45, 2.75) is 52.0 Å². The van der Waals surface area contributed by atoms with Crippen LogP contribution in [-0.4, -0.2) is 17.6 Å². The molecule has 0 unspecified atom stereocenters. The maximum Gasteiger partial charge on any atom is 0.220 e. The van der Waals surface area contributed by atoms with Crippen LogP contribution in [0, 0.1) is 11.8 Å². The van der Waals surface area contributed by atoms with Gasteiger partial charge in [0.2, 0.25) is 5.91 Å². The van der Waals surface area contributed by atoms with E-state index in [4.69, 9.17) is 5.11 Å². The molecule has 0 aliphatic rings. The third-order valence-electron chi connectivity index (χ3n) is 3.14. The van der Waals surface area contributed by atoms with Gasteiger partial charge in [0, 0.05) is 24.9 Å². The quantitative estimate of drug-likeness (QED) is 0.570. The van der Waals surface area contributed by atoms with Gasteiger partial charge in [-0.05, 0) is 24.1 Å². The minimum atomic E-state index is 0.0841. The topological polar surface area (TPSA) is 49.3 Å². The maximum absolute atomic E-state index is 11.7. The lowest BCUT2D eigenvalue weighted by atomic mass is 10.1. The van der Waals surface area contributed by atoms with Gasteiger partial charge in [-0.3, -0.25) is 4.79 Å². The number of hydrogen-bond donors (Lipinski definition) is 2. The standard InChI is InChI=1S/C18H25NO2/c1-2-3-4-5-12-18(21)19-15-17-11-8-10-16(14-17)9-6-7-13-20/h8,10-11,14,20H,2-5,7,12-13,15H2,1H3,(H,19,21). The molecular weight excluding hydrogens is 262 g/mol. The lowest BCUT2D eigenvalue weighted by Gasteiger charge is -2.05. The highest BCUT2D eigenvalue weighted by Gasteiger charge is 2.01. The molecule has 0 atom stereocenters. The minimum absolute atomic E-state index is 0.0841. The van der Waals surface area contributed by atoms with Gasteiger partial charge in [-0.25, -0.2) is 0 Å². The van der Waals surface area contributed by atoms with Crippen LogP contribution < -0.4 is 5.32 Å². The van der Waals surface area contributed by atoms with Gasteiger partial charge in [0.05, 0.1) is 6.61 Å². The Balaban J connectivity index is 2.36. The van der Waals surface area contributed by atoms with Crippen LogP contribution in [0.3, 0.4) is 0 Å². The van der Waals surface area contributed by atoms with Gasteiger partial charge in [0.15, 0.2) is 0 Å². The van der Waals surface area contributed by atoms with E-state index >= 15 is 0 Å². The molecule has 0 spiro atoms. The Labute approximate surface area is 127 Å². The van der Waals surface area contributed by atoms with Gasteiger partial charge >= 0.3 is 0 Å². The zero-order valence-electron chi connectivity index (χ0n) is 12.8. The highest BCUT2D eigenvalue weighted by atomic mass is 16.2. The molecule has 0 heterocycles. The molecule has 0 aliphatic carbocycles. The van der Waals surface area contributed by atoms with Gasteiger partial charge in [-0.15, -0.1) is 0 Å². The number of rotatable bonds is 8. The molecule has 1 amide bonds. The van der Waals surface area contributed by atoms with Crippen molar-refractivity contribution in [1.29, 1.82) is 0 Å². The van der Waals surface area contributed by atoms with Crippen LogP contribution in [0.5, 0.6) is 0 Å². The third kappa shape index (κ3) is 8.16. The normalized spacial score (nSPS) is 9.81. The van der Waals surface area contributed by atoms with Crippen LogP contribution in [0.2, 0.25) is 0 Å². The number of unbranched alkanes of at least 4 members (excludes halogenated alkanes) is 3. The summed E-state index contributed by atoms with van der Waals surface area (Å²) >= 11 is 0. The molecule has 0 fully saturated rings. The molecule has 0 aromatic heterocycles. The Kier molecular flexibility index (Phi) is 8.99. The first kappa shape index (κ1) is 17.3. The number of carbonyl (C=O) groups is 1. The molecule has 114 valence electrons. The summed E-state index contributed by atoms with van der Waals surface area (Å²) in [7, 11) is 0. The van der Waals surface area contributed by atoms with Gasteiger partial charge in [0.25, 0.3) is 0 Å². The lowest BCUT2D eigenvalue weighted by molar-refractivity contribution is -0.121. The minimum Gasteiger partial charge on any atom is -0.395 e. The molecule has 21 heavy (non-hydrogen) atoms. The molecule has 0 saturated carbocycles. The van der Waals surface area contributed by atoms with Crippen LogP contribution in [0.1, 0.15) is 56.6 Å². The van der Waals surface area contributed by atoms with Crippen LogP contribution in [0.25, 0.3) is 0 Å². The van der Waals surface area contributed by atoms with Crippen LogP contribution >= 0.6 is 0 Å². The summed E-state index contributed by atoms with van der Waals surface area (Å²) in [4.78, 5) is 11.7. The molecule has 1 aromatic rings. The van der Waals surface area contributed by atoms with E-state index < -0.39 is 0 Å². The van der Waals surface area contributed by atoms with Gasteiger partial charge < -0.3 is 10.4 Å². The molecule has 3 nitrogen and oxygen atoms in total. The average Bonchev–Trinajstić information content (AvgIpc) is 2.50. The number of aliphatic hydroxyl groups excluding tert-OH is 1. The highest BCUT2D eigenvalue weighted by Crippen LogP contribution is 2.05. The first-order valence-electron chi connectivity index (χ1n) is 7.71. The summed E-state index contributed by atoms with van der Waals surface area (Å²) in [6.07, 6.45) is 5.56. The number of carbonyl (C=O) groups excluding carboxylic acids is 1. The van der Waals surface area contributed by atoms with Crippen LogP contribution in [0.4, 0.5) is 0 Å². The van der Waals surface area contributed by atoms with E-state index in [1.54, 1.807) is 0 Å². The summed E-state index contributed by atoms with van der Waals surface area (Å²) < 4.78 is 0. The second kappa shape index (κ2) is 10.9. The Morgan fingerprint density at radius 3 is 2.90 bits per heavy atom. The number of hydrogen-bond acceptors (Lipinski definition) is 2. The van der Waals surface area contributed by atoms with Crippen molar-refractivity contribution >= 4 is 5.91 Å². The van der Waals surface area contributed by atoms with Crippen molar-refractivity contribution in [2.24, 2.45) is 0 Å². The maximum atomic E-state index is 11.7. The van der Waals surface area contributed by atoms with Crippen molar-refractivity contribution in [3.05, 3.63) is 35.4 Å². The van der Waals surface area contributed by atoms with Crippen molar-refractivity contribution in [1.82, 2.24) is 5.32 Å². The molecule has 2 N–H and O–H groups in total. The molecule has 1 aromatic carbocycles. The van der Waals surface area contributed by atoms with E-state index in [0.29, 0.717) is 19.4 Å². The summed E-state index contributed by atoms with van der Waals surface area (Å²) in [6, 6.07) is 7.82. The summed E-state index contributed by atoms with van der Waals surface area (Å²) in [5.41, 5.74) is 1.96. The summed E-state index contributed by atoms with van der Waals surface area (Å²) in [6.45, 7) is 2.79. The Bertz CT molecular complexity index is 485. The fourth-order valence-corrected chi connectivity index (χ4v) is 1.98. The number of amides is 1. The van der Waals surface area contributed by atoms with Crippen LogP contribution in [0.15, 0.2) is 24.3 Å². The molecule has 0 saturated heterocycles. The second-order valence-corrected chi connectivity index (χ2v) is 5.06. The number of aliphatic hydroxyl groups is 1. The van der Waals surface area contributed by atoms with E-state index in [-0.39, 0.29) is 12.5 Å². The van der Waals surface area contributed by atoms with E-state index in [1.807, 2.05) is 24.3 Å². The smallest absolute Gasteiger partial charge is 0.220 e.